The van der Waals surface area contributed by atoms with Crippen LogP contribution in [0.3, 0.4) is 0 Å². The van der Waals surface area contributed by atoms with Gasteiger partial charge in [-0.25, -0.2) is 4.79 Å². The summed E-state index contributed by atoms with van der Waals surface area (Å²) in [5.41, 5.74) is 7.97. The third kappa shape index (κ3) is 3.82. The topological polar surface area (TPSA) is 104 Å². The standard InChI is InChI=1S/C20H22N2O5/c1-3-24-19(23)16-12(2)27-18(22)15(11-21)17(16)13-5-7-14(8-6-13)20-25-9-4-10-26-20/h5-8,17,20H,3-4,9-10,22H2,1-2H3. The van der Waals surface area contributed by atoms with Crippen LogP contribution in [0.15, 0.2) is 47.1 Å². The highest BCUT2D eigenvalue weighted by Gasteiger charge is 2.36. The summed E-state index contributed by atoms with van der Waals surface area (Å²) in [7, 11) is 0. The average Bonchev–Trinajstić information content (AvgIpc) is 2.68. The number of carbonyl (C=O) groups excluding carboxylic acids is 1. The van der Waals surface area contributed by atoms with Gasteiger partial charge in [0.25, 0.3) is 0 Å². The van der Waals surface area contributed by atoms with E-state index in [0.717, 1.165) is 17.5 Å². The fourth-order valence-corrected chi connectivity index (χ4v) is 3.21. The van der Waals surface area contributed by atoms with Crippen LogP contribution in [0.25, 0.3) is 0 Å². The number of ether oxygens (including phenoxy) is 4. The number of hydrogen-bond donors (Lipinski definition) is 1. The number of rotatable bonds is 4. The number of nitrogens with zero attached hydrogens (tertiary/aromatic N) is 1. The molecule has 1 fully saturated rings. The summed E-state index contributed by atoms with van der Waals surface area (Å²) in [6, 6.07) is 9.47. The molecular weight excluding hydrogens is 348 g/mol. The van der Waals surface area contributed by atoms with Gasteiger partial charge in [-0.15, -0.1) is 0 Å². The lowest BCUT2D eigenvalue weighted by Crippen LogP contribution is -2.25. The van der Waals surface area contributed by atoms with E-state index in [2.05, 4.69) is 6.07 Å². The zero-order chi connectivity index (χ0) is 19.4. The van der Waals surface area contributed by atoms with Gasteiger partial charge >= 0.3 is 5.97 Å². The SMILES string of the molecule is CCOC(=O)C1=C(C)OC(N)=C(C#N)C1c1ccc(C2OCCCO2)cc1. The first-order valence-electron chi connectivity index (χ1n) is 8.85. The molecule has 2 N–H and O–H groups in total. The van der Waals surface area contributed by atoms with Crippen LogP contribution in [0.2, 0.25) is 0 Å². The molecule has 0 saturated carbocycles. The van der Waals surface area contributed by atoms with Crippen LogP contribution in [0.4, 0.5) is 0 Å². The molecule has 1 unspecified atom stereocenters. The lowest BCUT2D eigenvalue weighted by molar-refractivity contribution is -0.183. The summed E-state index contributed by atoms with van der Waals surface area (Å²) < 4.78 is 21.8. The minimum atomic E-state index is -0.648. The lowest BCUT2D eigenvalue weighted by atomic mass is 9.83. The van der Waals surface area contributed by atoms with Gasteiger partial charge in [0, 0.05) is 5.56 Å². The van der Waals surface area contributed by atoms with Crippen molar-refractivity contribution in [2.45, 2.75) is 32.5 Å². The van der Waals surface area contributed by atoms with Gasteiger partial charge in [-0.1, -0.05) is 24.3 Å². The minimum absolute atomic E-state index is 0.00364. The van der Waals surface area contributed by atoms with Gasteiger partial charge in [0.05, 0.1) is 31.3 Å². The molecule has 1 saturated heterocycles. The number of nitriles is 1. The summed E-state index contributed by atoms with van der Waals surface area (Å²) in [5, 5.41) is 9.58. The molecule has 7 nitrogen and oxygen atoms in total. The van der Waals surface area contributed by atoms with Crippen molar-refractivity contribution < 1.29 is 23.7 Å². The van der Waals surface area contributed by atoms with Crippen LogP contribution in [-0.4, -0.2) is 25.8 Å². The van der Waals surface area contributed by atoms with E-state index in [1.54, 1.807) is 13.8 Å². The maximum Gasteiger partial charge on any atom is 0.338 e. The number of allylic oxidation sites excluding steroid dienone is 2. The smallest absolute Gasteiger partial charge is 0.338 e. The molecule has 27 heavy (non-hydrogen) atoms. The Bertz CT molecular complexity index is 814. The van der Waals surface area contributed by atoms with Gasteiger partial charge in [0.1, 0.15) is 17.4 Å². The van der Waals surface area contributed by atoms with Crippen LogP contribution < -0.4 is 5.73 Å². The van der Waals surface area contributed by atoms with Crippen LogP contribution in [-0.2, 0) is 23.7 Å². The van der Waals surface area contributed by atoms with Crippen LogP contribution in [0, 0.1) is 11.3 Å². The molecule has 1 aromatic rings. The van der Waals surface area contributed by atoms with E-state index in [1.807, 2.05) is 24.3 Å². The fraction of sp³-hybridized carbons (Fsp3) is 0.400. The Balaban J connectivity index is 1.97. The van der Waals surface area contributed by atoms with Crippen molar-refractivity contribution in [3.8, 4) is 6.07 Å². The third-order valence-electron chi connectivity index (χ3n) is 4.47. The Morgan fingerprint density at radius 1 is 1.26 bits per heavy atom. The van der Waals surface area contributed by atoms with Crippen molar-refractivity contribution in [3.63, 3.8) is 0 Å². The highest BCUT2D eigenvalue weighted by atomic mass is 16.7. The summed E-state index contributed by atoms with van der Waals surface area (Å²) in [5.74, 6) is -0.845. The fourth-order valence-electron chi connectivity index (χ4n) is 3.21. The second kappa shape index (κ2) is 8.25. The molecule has 3 rings (SSSR count). The van der Waals surface area contributed by atoms with E-state index in [0.29, 0.717) is 19.0 Å². The second-order valence-corrected chi connectivity index (χ2v) is 6.21. The first-order valence-corrected chi connectivity index (χ1v) is 8.85. The van der Waals surface area contributed by atoms with Gasteiger partial charge in [-0.05, 0) is 25.8 Å². The van der Waals surface area contributed by atoms with Crippen molar-refractivity contribution >= 4 is 5.97 Å². The summed E-state index contributed by atoms with van der Waals surface area (Å²) in [6.07, 6.45) is 0.472. The molecule has 1 atom stereocenters. The van der Waals surface area contributed by atoms with Crippen molar-refractivity contribution in [1.82, 2.24) is 0 Å². The van der Waals surface area contributed by atoms with Crippen LogP contribution in [0.5, 0.6) is 0 Å². The summed E-state index contributed by atoms with van der Waals surface area (Å²) in [4.78, 5) is 12.5. The molecule has 1 aromatic carbocycles. The zero-order valence-corrected chi connectivity index (χ0v) is 15.4. The minimum Gasteiger partial charge on any atom is -0.463 e. The second-order valence-electron chi connectivity index (χ2n) is 6.21. The van der Waals surface area contributed by atoms with Crippen molar-refractivity contribution in [2.24, 2.45) is 5.73 Å². The molecule has 142 valence electrons. The molecule has 2 aliphatic rings. The lowest BCUT2D eigenvalue weighted by Gasteiger charge is -2.27. The maximum atomic E-state index is 12.5. The van der Waals surface area contributed by atoms with Gasteiger partial charge in [0.15, 0.2) is 6.29 Å². The van der Waals surface area contributed by atoms with E-state index in [4.69, 9.17) is 24.7 Å². The van der Waals surface area contributed by atoms with Gasteiger partial charge < -0.3 is 24.7 Å². The first kappa shape index (κ1) is 19.0. The number of benzene rings is 1. The molecule has 0 amide bonds. The van der Waals surface area contributed by atoms with Crippen LogP contribution in [0.1, 0.15) is 43.6 Å². The predicted molar refractivity (Wildman–Crippen MR) is 95.7 cm³/mol. The van der Waals surface area contributed by atoms with Gasteiger partial charge in [-0.3, -0.25) is 0 Å². The highest BCUT2D eigenvalue weighted by Crippen LogP contribution is 2.40. The molecule has 0 aromatic heterocycles. The zero-order valence-electron chi connectivity index (χ0n) is 15.4. The quantitative estimate of drug-likeness (QED) is 0.813. The summed E-state index contributed by atoms with van der Waals surface area (Å²) >= 11 is 0. The van der Waals surface area contributed by atoms with E-state index >= 15 is 0 Å². The molecule has 7 heteroatoms. The molecule has 0 radical (unpaired) electrons. The Morgan fingerprint density at radius 2 is 1.89 bits per heavy atom. The molecule has 0 aliphatic carbocycles. The summed E-state index contributed by atoms with van der Waals surface area (Å²) in [6.45, 7) is 4.89. The Labute approximate surface area is 157 Å². The number of nitrogens with two attached hydrogens (primary N) is 1. The Hall–Kier alpha value is -2.82. The maximum absolute atomic E-state index is 12.5. The number of esters is 1. The van der Waals surface area contributed by atoms with Crippen molar-refractivity contribution in [1.29, 1.82) is 5.26 Å². The largest absolute Gasteiger partial charge is 0.463 e. The molecule has 2 aliphatic heterocycles. The predicted octanol–water partition coefficient (Wildman–Crippen LogP) is 2.77. The molecule has 0 bridgehead atoms. The normalized spacial score (nSPS) is 20.9. The third-order valence-corrected chi connectivity index (χ3v) is 4.47. The van der Waals surface area contributed by atoms with E-state index in [-0.39, 0.29) is 23.6 Å². The van der Waals surface area contributed by atoms with E-state index in [9.17, 15) is 10.1 Å². The Morgan fingerprint density at radius 3 is 2.48 bits per heavy atom. The number of hydrogen-bond acceptors (Lipinski definition) is 7. The first-order chi connectivity index (χ1) is 13.1. The average molecular weight is 370 g/mol. The van der Waals surface area contributed by atoms with E-state index in [1.165, 1.54) is 0 Å². The van der Waals surface area contributed by atoms with E-state index < -0.39 is 18.2 Å². The van der Waals surface area contributed by atoms with Gasteiger partial charge in [0.2, 0.25) is 5.88 Å². The highest BCUT2D eigenvalue weighted by molar-refractivity contribution is 5.92. The van der Waals surface area contributed by atoms with Crippen LogP contribution >= 0.6 is 0 Å². The Kier molecular flexibility index (Phi) is 5.79. The van der Waals surface area contributed by atoms with Crippen molar-refractivity contribution in [3.05, 3.63) is 58.2 Å². The van der Waals surface area contributed by atoms with Gasteiger partial charge in [-0.2, -0.15) is 5.26 Å². The molecular formula is C20H22N2O5. The molecule has 2 heterocycles. The monoisotopic (exact) mass is 370 g/mol. The molecule has 0 spiro atoms. The number of carbonyl (C=O) groups is 1. The van der Waals surface area contributed by atoms with Crippen molar-refractivity contribution in [2.75, 3.05) is 19.8 Å².